The molecule has 0 spiro atoms. The minimum atomic E-state index is -0.730. The Kier molecular flexibility index (Phi) is 6.84. The van der Waals surface area contributed by atoms with E-state index in [9.17, 15) is 9.59 Å². The van der Waals surface area contributed by atoms with Crippen LogP contribution in [0.3, 0.4) is 0 Å². The second kappa shape index (κ2) is 8.15. The molecule has 5 nitrogen and oxygen atoms in total. The Morgan fingerprint density at radius 1 is 1.26 bits per heavy atom. The number of unbranched alkanes of at least 4 members (excludes halogenated alkanes) is 3. The van der Waals surface area contributed by atoms with Gasteiger partial charge in [0.25, 0.3) is 0 Å². The number of carbonyl (C=O) groups is 2. The summed E-state index contributed by atoms with van der Waals surface area (Å²) in [6, 6.07) is 0. The number of nitrogens with one attached hydrogen (secondary N) is 2. The van der Waals surface area contributed by atoms with Crippen molar-refractivity contribution >= 4 is 11.9 Å². The molecule has 0 bridgehead atoms. The molecule has 3 N–H and O–H groups in total. The van der Waals surface area contributed by atoms with Gasteiger partial charge in [-0.05, 0) is 32.2 Å². The third-order valence-corrected chi connectivity index (χ3v) is 4.01. The van der Waals surface area contributed by atoms with Crippen LogP contribution in [0.15, 0.2) is 0 Å². The van der Waals surface area contributed by atoms with E-state index in [1.54, 1.807) is 0 Å². The van der Waals surface area contributed by atoms with Gasteiger partial charge in [-0.2, -0.15) is 0 Å². The van der Waals surface area contributed by atoms with Crippen LogP contribution < -0.4 is 10.6 Å². The van der Waals surface area contributed by atoms with E-state index in [0.29, 0.717) is 6.54 Å². The molecular formula is C14H26N2O3. The fraction of sp³-hybridized carbons (Fsp3) is 0.857. The first-order valence-corrected chi connectivity index (χ1v) is 7.31. The van der Waals surface area contributed by atoms with E-state index in [0.717, 1.165) is 51.6 Å². The van der Waals surface area contributed by atoms with Gasteiger partial charge in [-0.3, -0.25) is 9.59 Å². The number of hydrogen-bond donors (Lipinski definition) is 3. The lowest BCUT2D eigenvalue weighted by atomic mass is 9.83. The number of hydrogen-bond acceptors (Lipinski definition) is 3. The Morgan fingerprint density at radius 3 is 2.58 bits per heavy atom. The summed E-state index contributed by atoms with van der Waals surface area (Å²) in [5.41, 5.74) is -0.205. The summed E-state index contributed by atoms with van der Waals surface area (Å²) in [7, 11) is 0. The molecule has 1 fully saturated rings. The van der Waals surface area contributed by atoms with Gasteiger partial charge in [0.05, 0.1) is 5.41 Å². The molecule has 0 saturated carbocycles. The zero-order valence-electron chi connectivity index (χ0n) is 11.8. The Hall–Kier alpha value is -1.10. The zero-order valence-corrected chi connectivity index (χ0v) is 11.8. The lowest BCUT2D eigenvalue weighted by Gasteiger charge is -2.25. The number of carboxylic acid groups (broad SMARTS) is 1. The van der Waals surface area contributed by atoms with E-state index in [1.807, 2.05) is 0 Å². The average Bonchev–Trinajstić information content (AvgIpc) is 2.87. The van der Waals surface area contributed by atoms with Crippen LogP contribution in [-0.2, 0) is 9.59 Å². The average molecular weight is 270 g/mol. The highest BCUT2D eigenvalue weighted by molar-refractivity contribution is 5.83. The zero-order chi connectivity index (χ0) is 14.1. The summed E-state index contributed by atoms with van der Waals surface area (Å²) in [6.45, 7) is 4.48. The van der Waals surface area contributed by atoms with E-state index in [1.165, 1.54) is 0 Å². The van der Waals surface area contributed by atoms with Crippen molar-refractivity contribution < 1.29 is 14.7 Å². The quantitative estimate of drug-likeness (QED) is 0.555. The molecule has 1 unspecified atom stereocenters. The second-order valence-corrected chi connectivity index (χ2v) is 5.37. The van der Waals surface area contributed by atoms with Crippen molar-refractivity contribution in [3.63, 3.8) is 0 Å². The van der Waals surface area contributed by atoms with Crippen LogP contribution in [0, 0.1) is 5.41 Å². The van der Waals surface area contributed by atoms with Crippen molar-refractivity contribution in [2.75, 3.05) is 19.6 Å². The Labute approximate surface area is 115 Å². The number of carboxylic acids is 1. The van der Waals surface area contributed by atoms with Gasteiger partial charge in [0.15, 0.2) is 0 Å². The summed E-state index contributed by atoms with van der Waals surface area (Å²) in [5, 5.41) is 14.8. The molecule has 0 radical (unpaired) electrons. The molecule has 110 valence electrons. The van der Waals surface area contributed by atoms with Crippen molar-refractivity contribution in [3.05, 3.63) is 0 Å². The van der Waals surface area contributed by atoms with Gasteiger partial charge in [0, 0.05) is 19.5 Å². The monoisotopic (exact) mass is 270 g/mol. The van der Waals surface area contributed by atoms with Crippen molar-refractivity contribution in [1.29, 1.82) is 0 Å². The topological polar surface area (TPSA) is 78.4 Å². The Balaban J connectivity index is 2.08. The molecule has 5 heteroatoms. The van der Waals surface area contributed by atoms with Gasteiger partial charge >= 0.3 is 5.97 Å². The summed E-state index contributed by atoms with van der Waals surface area (Å²) in [6.07, 6.45) is 5.60. The summed E-state index contributed by atoms with van der Waals surface area (Å²) in [4.78, 5) is 22.5. The van der Waals surface area contributed by atoms with E-state index >= 15 is 0 Å². The van der Waals surface area contributed by atoms with Crippen molar-refractivity contribution in [2.45, 2.75) is 51.9 Å². The van der Waals surface area contributed by atoms with E-state index in [-0.39, 0.29) is 17.7 Å². The van der Waals surface area contributed by atoms with Crippen LogP contribution in [0.4, 0.5) is 0 Å². The smallest absolute Gasteiger partial charge is 0.303 e. The maximum absolute atomic E-state index is 12.1. The molecule has 1 aliphatic rings. The van der Waals surface area contributed by atoms with Crippen LogP contribution in [0.5, 0.6) is 0 Å². The lowest BCUT2D eigenvalue weighted by molar-refractivity contribution is -0.137. The van der Waals surface area contributed by atoms with Crippen LogP contribution in [0.2, 0.25) is 0 Å². The van der Waals surface area contributed by atoms with Gasteiger partial charge < -0.3 is 15.7 Å². The third-order valence-electron chi connectivity index (χ3n) is 4.01. The standard InChI is InChI=1S/C14H26N2O3/c1-2-14(8-10-15-11-14)13(19)16-9-6-4-3-5-7-12(17)18/h15H,2-11H2,1H3,(H,16,19)(H,17,18). The summed E-state index contributed by atoms with van der Waals surface area (Å²) in [5.74, 6) is -0.558. The van der Waals surface area contributed by atoms with Gasteiger partial charge in [-0.25, -0.2) is 0 Å². The van der Waals surface area contributed by atoms with Crippen molar-refractivity contribution in [1.82, 2.24) is 10.6 Å². The highest BCUT2D eigenvalue weighted by Crippen LogP contribution is 2.29. The highest BCUT2D eigenvalue weighted by atomic mass is 16.4. The number of aliphatic carboxylic acids is 1. The number of amides is 1. The molecular weight excluding hydrogens is 244 g/mol. The third kappa shape index (κ3) is 5.19. The lowest BCUT2D eigenvalue weighted by Crippen LogP contribution is -2.42. The van der Waals surface area contributed by atoms with Crippen molar-refractivity contribution in [2.24, 2.45) is 5.41 Å². The maximum atomic E-state index is 12.1. The molecule has 19 heavy (non-hydrogen) atoms. The van der Waals surface area contributed by atoms with E-state index in [4.69, 9.17) is 5.11 Å². The highest BCUT2D eigenvalue weighted by Gasteiger charge is 2.38. The van der Waals surface area contributed by atoms with Crippen LogP contribution in [0.25, 0.3) is 0 Å². The summed E-state index contributed by atoms with van der Waals surface area (Å²) < 4.78 is 0. The molecule has 0 aliphatic carbocycles. The van der Waals surface area contributed by atoms with Crippen molar-refractivity contribution in [3.8, 4) is 0 Å². The summed E-state index contributed by atoms with van der Waals surface area (Å²) >= 11 is 0. The maximum Gasteiger partial charge on any atom is 0.303 e. The molecule has 0 aromatic rings. The molecule has 1 aliphatic heterocycles. The second-order valence-electron chi connectivity index (χ2n) is 5.37. The Morgan fingerprint density at radius 2 is 2.00 bits per heavy atom. The van der Waals surface area contributed by atoms with Crippen LogP contribution in [-0.4, -0.2) is 36.6 Å². The molecule has 1 atom stereocenters. The fourth-order valence-corrected chi connectivity index (χ4v) is 2.54. The molecule has 1 saturated heterocycles. The first-order valence-electron chi connectivity index (χ1n) is 7.31. The predicted molar refractivity (Wildman–Crippen MR) is 73.9 cm³/mol. The largest absolute Gasteiger partial charge is 0.481 e. The molecule has 1 heterocycles. The molecule has 0 aromatic heterocycles. The van der Waals surface area contributed by atoms with Gasteiger partial charge in [0.2, 0.25) is 5.91 Å². The van der Waals surface area contributed by atoms with E-state index in [2.05, 4.69) is 17.6 Å². The SMILES string of the molecule is CCC1(C(=O)NCCCCCCC(=O)O)CCNC1. The molecule has 1 amide bonds. The van der Waals surface area contributed by atoms with Gasteiger partial charge in [-0.1, -0.05) is 19.8 Å². The number of rotatable bonds is 9. The number of carbonyl (C=O) groups excluding carboxylic acids is 1. The molecule has 1 rings (SSSR count). The molecule has 0 aromatic carbocycles. The van der Waals surface area contributed by atoms with E-state index < -0.39 is 5.97 Å². The van der Waals surface area contributed by atoms with Gasteiger partial charge in [-0.15, -0.1) is 0 Å². The first kappa shape index (κ1) is 16.0. The van der Waals surface area contributed by atoms with Gasteiger partial charge in [0.1, 0.15) is 0 Å². The Bertz CT molecular complexity index is 299. The first-order chi connectivity index (χ1) is 9.10. The fourth-order valence-electron chi connectivity index (χ4n) is 2.54. The predicted octanol–water partition coefficient (Wildman–Crippen LogP) is 1.53. The van der Waals surface area contributed by atoms with Crippen LogP contribution in [0.1, 0.15) is 51.9 Å². The van der Waals surface area contributed by atoms with Crippen LogP contribution >= 0.6 is 0 Å². The minimum Gasteiger partial charge on any atom is -0.481 e. The minimum absolute atomic E-state index is 0.172. The normalized spacial score (nSPS) is 22.4.